The second-order valence-electron chi connectivity index (χ2n) is 4.31. The number of imidazole rings is 1. The van der Waals surface area contributed by atoms with Gasteiger partial charge in [0.25, 0.3) is 0 Å². The predicted molar refractivity (Wildman–Crippen MR) is 69.3 cm³/mol. The van der Waals surface area contributed by atoms with Crippen LogP contribution in [0.4, 0.5) is 0 Å². The van der Waals surface area contributed by atoms with Gasteiger partial charge in [-0.1, -0.05) is 0 Å². The van der Waals surface area contributed by atoms with Gasteiger partial charge in [-0.05, 0) is 14.0 Å². The van der Waals surface area contributed by atoms with Crippen molar-refractivity contribution < 1.29 is 9.53 Å². The lowest BCUT2D eigenvalue weighted by atomic mass is 10.3. The molecule has 0 saturated carbocycles. The lowest BCUT2D eigenvalue weighted by Gasteiger charge is -2.12. The van der Waals surface area contributed by atoms with Crippen LogP contribution in [0.1, 0.15) is 12.6 Å². The van der Waals surface area contributed by atoms with Crippen LogP contribution in [0.25, 0.3) is 0 Å². The van der Waals surface area contributed by atoms with E-state index in [1.165, 1.54) is 0 Å². The zero-order valence-electron chi connectivity index (χ0n) is 11.3. The van der Waals surface area contributed by atoms with Crippen LogP contribution in [-0.2, 0) is 22.5 Å². The second-order valence-corrected chi connectivity index (χ2v) is 4.31. The van der Waals surface area contributed by atoms with Crippen molar-refractivity contribution in [2.24, 2.45) is 0 Å². The minimum absolute atomic E-state index is 0.0229. The highest BCUT2D eigenvalue weighted by Gasteiger charge is 2.08. The van der Waals surface area contributed by atoms with Crippen LogP contribution in [0.5, 0.6) is 0 Å². The van der Waals surface area contributed by atoms with E-state index in [0.717, 1.165) is 18.7 Å². The van der Waals surface area contributed by atoms with Gasteiger partial charge < -0.3 is 19.9 Å². The summed E-state index contributed by atoms with van der Waals surface area (Å²) in [4.78, 5) is 15.9. The summed E-state index contributed by atoms with van der Waals surface area (Å²) in [6.45, 7) is 3.60. The Morgan fingerprint density at radius 3 is 3.06 bits per heavy atom. The summed E-state index contributed by atoms with van der Waals surface area (Å²) in [6.07, 6.45) is 4.45. The molecule has 6 nitrogen and oxygen atoms in total. The second kappa shape index (κ2) is 7.84. The van der Waals surface area contributed by atoms with Crippen molar-refractivity contribution >= 4 is 5.91 Å². The van der Waals surface area contributed by atoms with E-state index in [4.69, 9.17) is 4.74 Å². The highest BCUT2D eigenvalue weighted by Crippen LogP contribution is 1.97. The van der Waals surface area contributed by atoms with Crippen molar-refractivity contribution in [1.29, 1.82) is 0 Å². The Hall–Kier alpha value is -1.40. The number of nitrogens with one attached hydrogen (secondary N) is 2. The first kappa shape index (κ1) is 14.7. The molecule has 1 aromatic heterocycles. The molecule has 0 aliphatic carbocycles. The van der Waals surface area contributed by atoms with Crippen molar-refractivity contribution in [1.82, 2.24) is 20.2 Å². The van der Waals surface area contributed by atoms with Crippen LogP contribution in [0, 0.1) is 0 Å². The maximum absolute atomic E-state index is 11.7. The maximum atomic E-state index is 11.7. The molecule has 0 aromatic carbocycles. The average Bonchev–Trinajstić information content (AvgIpc) is 2.74. The Morgan fingerprint density at radius 1 is 1.61 bits per heavy atom. The van der Waals surface area contributed by atoms with E-state index < -0.39 is 0 Å². The number of carbonyl (C=O) groups excluding carboxylic acids is 1. The van der Waals surface area contributed by atoms with Gasteiger partial charge in [-0.2, -0.15) is 0 Å². The fourth-order valence-corrected chi connectivity index (χ4v) is 1.65. The van der Waals surface area contributed by atoms with E-state index in [0.29, 0.717) is 13.2 Å². The quantitative estimate of drug-likeness (QED) is 0.674. The van der Waals surface area contributed by atoms with Crippen LogP contribution >= 0.6 is 0 Å². The summed E-state index contributed by atoms with van der Waals surface area (Å²) in [7, 11) is 3.52. The molecule has 0 bridgehead atoms. The van der Waals surface area contributed by atoms with Crippen molar-refractivity contribution in [3.8, 4) is 0 Å². The molecule has 0 aliphatic rings. The van der Waals surface area contributed by atoms with Crippen LogP contribution in [0.3, 0.4) is 0 Å². The molecule has 2 N–H and O–H groups in total. The third kappa shape index (κ3) is 5.29. The van der Waals surface area contributed by atoms with Crippen molar-refractivity contribution in [2.75, 3.05) is 27.3 Å². The smallest absolute Gasteiger partial charge is 0.240 e. The molecule has 0 fully saturated rings. The molecule has 18 heavy (non-hydrogen) atoms. The van der Waals surface area contributed by atoms with Gasteiger partial charge in [-0.25, -0.2) is 4.98 Å². The molecule has 0 spiro atoms. The number of aromatic nitrogens is 2. The van der Waals surface area contributed by atoms with Crippen LogP contribution in [0.15, 0.2) is 12.5 Å². The molecular weight excluding hydrogens is 232 g/mol. The summed E-state index contributed by atoms with van der Waals surface area (Å²) in [5.74, 6) is -0.0304. The maximum Gasteiger partial charge on any atom is 0.240 e. The first-order valence-corrected chi connectivity index (χ1v) is 6.09. The van der Waals surface area contributed by atoms with Gasteiger partial charge in [0.2, 0.25) is 5.91 Å². The van der Waals surface area contributed by atoms with Gasteiger partial charge in [0.1, 0.15) is 6.54 Å². The number of amides is 1. The molecule has 1 heterocycles. The zero-order chi connectivity index (χ0) is 13.4. The highest BCUT2D eigenvalue weighted by atomic mass is 16.5. The third-order valence-electron chi connectivity index (χ3n) is 2.47. The molecule has 0 radical (unpaired) electrons. The molecule has 0 saturated heterocycles. The fraction of sp³-hybridized carbons (Fsp3) is 0.667. The van der Waals surface area contributed by atoms with Gasteiger partial charge in [0.05, 0.1) is 18.6 Å². The minimum Gasteiger partial charge on any atom is -0.383 e. The van der Waals surface area contributed by atoms with Gasteiger partial charge in [0.15, 0.2) is 0 Å². The molecule has 6 heteroatoms. The number of ether oxygens (including phenoxy) is 1. The molecule has 102 valence electrons. The normalized spacial score (nSPS) is 12.4. The van der Waals surface area contributed by atoms with E-state index in [9.17, 15) is 4.79 Å². The number of rotatable bonds is 8. The van der Waals surface area contributed by atoms with Crippen molar-refractivity contribution in [2.45, 2.75) is 25.9 Å². The van der Waals surface area contributed by atoms with Crippen molar-refractivity contribution in [3.63, 3.8) is 0 Å². The molecule has 1 rings (SSSR count). The van der Waals surface area contributed by atoms with E-state index in [2.05, 4.69) is 15.6 Å². The van der Waals surface area contributed by atoms with Gasteiger partial charge in [-0.15, -0.1) is 0 Å². The zero-order valence-corrected chi connectivity index (χ0v) is 11.3. The topological polar surface area (TPSA) is 68.2 Å². The third-order valence-corrected chi connectivity index (χ3v) is 2.47. The van der Waals surface area contributed by atoms with Gasteiger partial charge >= 0.3 is 0 Å². The Kier molecular flexibility index (Phi) is 6.38. The SMILES string of the molecule is CNCCc1cn(CC(=O)NC(C)COC)cn1. The van der Waals surface area contributed by atoms with E-state index in [1.807, 2.05) is 20.2 Å². The number of hydrogen-bond acceptors (Lipinski definition) is 4. The molecule has 0 aliphatic heterocycles. The van der Waals surface area contributed by atoms with Crippen molar-refractivity contribution in [3.05, 3.63) is 18.2 Å². The summed E-state index contributed by atoms with van der Waals surface area (Å²) >= 11 is 0. The molecule has 1 unspecified atom stereocenters. The molecular formula is C12H22N4O2. The van der Waals surface area contributed by atoms with E-state index >= 15 is 0 Å². The van der Waals surface area contributed by atoms with Crippen LogP contribution in [0.2, 0.25) is 0 Å². The standard InChI is InChI=1S/C12H22N4O2/c1-10(8-18-3)15-12(17)7-16-6-11(14-9-16)4-5-13-2/h6,9-10,13H,4-5,7-8H2,1-3H3,(H,15,17). The summed E-state index contributed by atoms with van der Waals surface area (Å²) in [5.41, 5.74) is 0.988. The highest BCUT2D eigenvalue weighted by molar-refractivity contribution is 5.76. The minimum atomic E-state index is -0.0304. The fourth-order valence-electron chi connectivity index (χ4n) is 1.65. The first-order valence-electron chi connectivity index (χ1n) is 6.09. The summed E-state index contributed by atoms with van der Waals surface area (Å²) in [5, 5.41) is 5.92. The van der Waals surface area contributed by atoms with Crippen LogP contribution < -0.4 is 10.6 Å². The number of carbonyl (C=O) groups is 1. The Bertz CT molecular complexity index is 365. The average molecular weight is 254 g/mol. The van der Waals surface area contributed by atoms with E-state index in [-0.39, 0.29) is 11.9 Å². The van der Waals surface area contributed by atoms with E-state index in [1.54, 1.807) is 18.0 Å². The number of hydrogen-bond donors (Lipinski definition) is 2. The first-order chi connectivity index (χ1) is 8.65. The van der Waals surface area contributed by atoms with Gasteiger partial charge in [0, 0.05) is 32.3 Å². The largest absolute Gasteiger partial charge is 0.383 e. The Morgan fingerprint density at radius 2 is 2.39 bits per heavy atom. The summed E-state index contributed by atoms with van der Waals surface area (Å²) < 4.78 is 6.75. The molecule has 1 aromatic rings. The van der Waals surface area contributed by atoms with Crippen LogP contribution in [-0.4, -0.2) is 48.8 Å². The monoisotopic (exact) mass is 254 g/mol. The Balaban J connectivity index is 2.37. The summed E-state index contributed by atoms with van der Waals surface area (Å²) in [6, 6.07) is 0.0229. The number of likely N-dealkylation sites (N-methyl/N-ethyl adjacent to an activating group) is 1. The number of nitrogens with zero attached hydrogens (tertiary/aromatic N) is 2. The van der Waals surface area contributed by atoms with Gasteiger partial charge in [-0.3, -0.25) is 4.79 Å². The lowest BCUT2D eigenvalue weighted by molar-refractivity contribution is -0.122. The molecule has 1 atom stereocenters. The predicted octanol–water partition coefficient (Wildman–Crippen LogP) is -0.204. The number of methoxy groups -OCH3 is 1. The Labute approximate surface area is 108 Å². The lowest BCUT2D eigenvalue weighted by Crippen LogP contribution is -2.37. The molecule has 1 amide bonds.